The van der Waals surface area contributed by atoms with Gasteiger partial charge in [-0.3, -0.25) is 4.79 Å². The van der Waals surface area contributed by atoms with Gasteiger partial charge in [0, 0.05) is 23.7 Å². The predicted molar refractivity (Wildman–Crippen MR) is 121 cm³/mol. The highest BCUT2D eigenvalue weighted by molar-refractivity contribution is 5.92. The van der Waals surface area contributed by atoms with Gasteiger partial charge in [0.2, 0.25) is 5.91 Å². The molecule has 0 heterocycles. The monoisotopic (exact) mass is 421 g/mol. The topological polar surface area (TPSA) is 66.0 Å². The minimum Gasteiger partial charge on any atom is -0.497 e. The van der Waals surface area contributed by atoms with Crippen LogP contribution in [0, 0.1) is 0 Å². The molecule has 1 amide bonds. The average molecular weight is 421 g/mol. The van der Waals surface area contributed by atoms with Gasteiger partial charge < -0.3 is 24.3 Å². The fourth-order valence-electron chi connectivity index (χ4n) is 3.27. The highest BCUT2D eigenvalue weighted by Crippen LogP contribution is 2.33. The van der Waals surface area contributed by atoms with Crippen molar-refractivity contribution in [1.29, 1.82) is 0 Å². The van der Waals surface area contributed by atoms with Crippen LogP contribution in [0.2, 0.25) is 0 Å². The van der Waals surface area contributed by atoms with E-state index in [1.807, 2.05) is 60.7 Å². The van der Waals surface area contributed by atoms with Crippen LogP contribution in [0.3, 0.4) is 0 Å². The fourth-order valence-corrected chi connectivity index (χ4v) is 3.27. The van der Waals surface area contributed by atoms with Crippen molar-refractivity contribution >= 4 is 11.6 Å². The molecule has 0 aliphatic heterocycles. The standard InChI is InChI=1S/C25H27NO5/c1-28-20-9-6-18(7-10-20)23-15-19(8-11-24(23)31-4)26-25(27)12-5-17-13-21(29-2)16-22(14-17)30-3/h6-11,13-16H,5,12H2,1-4H3,(H,26,27). The molecular formula is C25H27NO5. The number of hydrogen-bond acceptors (Lipinski definition) is 5. The Hall–Kier alpha value is -3.67. The summed E-state index contributed by atoms with van der Waals surface area (Å²) in [5.74, 6) is 2.84. The first kappa shape index (κ1) is 22.0. The second kappa shape index (κ2) is 10.4. The molecule has 3 aromatic rings. The molecule has 0 aromatic heterocycles. The Morgan fingerprint density at radius 3 is 1.97 bits per heavy atom. The van der Waals surface area contributed by atoms with Gasteiger partial charge in [-0.25, -0.2) is 0 Å². The average Bonchev–Trinajstić information content (AvgIpc) is 2.82. The van der Waals surface area contributed by atoms with Crippen molar-refractivity contribution in [3.05, 3.63) is 66.2 Å². The summed E-state index contributed by atoms with van der Waals surface area (Å²) in [6.07, 6.45) is 0.904. The Morgan fingerprint density at radius 2 is 1.39 bits per heavy atom. The van der Waals surface area contributed by atoms with Gasteiger partial charge in [0.05, 0.1) is 28.4 Å². The maximum Gasteiger partial charge on any atom is 0.224 e. The van der Waals surface area contributed by atoms with Gasteiger partial charge in [-0.05, 0) is 60.0 Å². The lowest BCUT2D eigenvalue weighted by Crippen LogP contribution is -2.12. The molecule has 0 radical (unpaired) electrons. The third-order valence-electron chi connectivity index (χ3n) is 4.94. The van der Waals surface area contributed by atoms with Gasteiger partial charge in [0.25, 0.3) is 0 Å². The Morgan fingerprint density at radius 1 is 0.742 bits per heavy atom. The number of nitrogens with one attached hydrogen (secondary N) is 1. The van der Waals surface area contributed by atoms with Crippen molar-refractivity contribution in [3.63, 3.8) is 0 Å². The van der Waals surface area contributed by atoms with E-state index in [0.29, 0.717) is 30.0 Å². The summed E-state index contributed by atoms with van der Waals surface area (Å²) < 4.78 is 21.3. The number of carbonyl (C=O) groups excluding carboxylic acids is 1. The summed E-state index contributed by atoms with van der Waals surface area (Å²) >= 11 is 0. The molecule has 0 bridgehead atoms. The molecule has 0 saturated carbocycles. The molecule has 0 aliphatic carbocycles. The Kier molecular flexibility index (Phi) is 7.38. The second-order valence-electron chi connectivity index (χ2n) is 6.91. The zero-order valence-corrected chi connectivity index (χ0v) is 18.2. The molecule has 0 fully saturated rings. The van der Waals surface area contributed by atoms with Crippen LogP contribution in [0.15, 0.2) is 60.7 Å². The van der Waals surface area contributed by atoms with Crippen LogP contribution in [-0.2, 0) is 11.2 Å². The van der Waals surface area contributed by atoms with Gasteiger partial charge in [-0.15, -0.1) is 0 Å². The third-order valence-corrected chi connectivity index (χ3v) is 4.94. The molecule has 3 aromatic carbocycles. The smallest absolute Gasteiger partial charge is 0.224 e. The van der Waals surface area contributed by atoms with Gasteiger partial charge in [0.1, 0.15) is 23.0 Å². The Balaban J connectivity index is 1.71. The van der Waals surface area contributed by atoms with E-state index < -0.39 is 0 Å². The van der Waals surface area contributed by atoms with E-state index in [-0.39, 0.29) is 5.91 Å². The van der Waals surface area contributed by atoms with E-state index in [1.54, 1.807) is 28.4 Å². The van der Waals surface area contributed by atoms with Crippen molar-refractivity contribution in [1.82, 2.24) is 0 Å². The van der Waals surface area contributed by atoms with Gasteiger partial charge in [-0.2, -0.15) is 0 Å². The van der Waals surface area contributed by atoms with Crippen LogP contribution in [0.5, 0.6) is 23.0 Å². The number of carbonyl (C=O) groups is 1. The number of aryl methyl sites for hydroxylation is 1. The summed E-state index contributed by atoms with van der Waals surface area (Å²) in [5.41, 5.74) is 3.54. The Bertz CT molecular complexity index is 1010. The maximum atomic E-state index is 12.6. The van der Waals surface area contributed by atoms with E-state index in [9.17, 15) is 4.79 Å². The summed E-state index contributed by atoms with van der Waals surface area (Å²) in [7, 11) is 6.47. The van der Waals surface area contributed by atoms with Gasteiger partial charge in [0.15, 0.2) is 0 Å². The van der Waals surface area contributed by atoms with E-state index in [1.165, 1.54) is 0 Å². The molecule has 3 rings (SSSR count). The summed E-state index contributed by atoms with van der Waals surface area (Å²) in [4.78, 5) is 12.6. The minimum absolute atomic E-state index is 0.0763. The van der Waals surface area contributed by atoms with Crippen molar-refractivity contribution in [2.24, 2.45) is 0 Å². The van der Waals surface area contributed by atoms with E-state index in [0.717, 1.165) is 28.2 Å². The summed E-state index contributed by atoms with van der Waals surface area (Å²) in [5, 5.41) is 2.97. The zero-order valence-electron chi connectivity index (χ0n) is 18.2. The van der Waals surface area contributed by atoms with Crippen molar-refractivity contribution in [3.8, 4) is 34.1 Å². The number of hydrogen-bond donors (Lipinski definition) is 1. The largest absolute Gasteiger partial charge is 0.497 e. The molecule has 0 atom stereocenters. The summed E-state index contributed by atoms with van der Waals surface area (Å²) in [6, 6.07) is 18.9. The van der Waals surface area contributed by atoms with Crippen molar-refractivity contribution in [2.45, 2.75) is 12.8 Å². The van der Waals surface area contributed by atoms with Crippen LogP contribution < -0.4 is 24.3 Å². The number of ether oxygens (including phenoxy) is 4. The lowest BCUT2D eigenvalue weighted by Gasteiger charge is -2.13. The number of amides is 1. The van der Waals surface area contributed by atoms with E-state index >= 15 is 0 Å². The first-order valence-corrected chi connectivity index (χ1v) is 9.90. The van der Waals surface area contributed by atoms with Crippen LogP contribution >= 0.6 is 0 Å². The fraction of sp³-hybridized carbons (Fsp3) is 0.240. The lowest BCUT2D eigenvalue weighted by atomic mass is 10.0. The zero-order chi connectivity index (χ0) is 22.2. The van der Waals surface area contributed by atoms with Crippen LogP contribution in [0.4, 0.5) is 5.69 Å². The molecule has 6 heteroatoms. The molecule has 162 valence electrons. The van der Waals surface area contributed by atoms with E-state index in [2.05, 4.69) is 5.32 Å². The highest BCUT2D eigenvalue weighted by atomic mass is 16.5. The number of rotatable bonds is 9. The SMILES string of the molecule is COc1ccc(-c2cc(NC(=O)CCc3cc(OC)cc(OC)c3)ccc2OC)cc1. The molecule has 0 unspecified atom stereocenters. The maximum absolute atomic E-state index is 12.6. The number of benzene rings is 3. The van der Waals surface area contributed by atoms with Crippen LogP contribution in [-0.4, -0.2) is 34.3 Å². The normalized spacial score (nSPS) is 10.3. The first-order chi connectivity index (χ1) is 15.1. The quantitative estimate of drug-likeness (QED) is 0.529. The predicted octanol–water partition coefficient (Wildman–Crippen LogP) is 4.96. The van der Waals surface area contributed by atoms with Crippen molar-refractivity contribution in [2.75, 3.05) is 33.8 Å². The van der Waals surface area contributed by atoms with Crippen LogP contribution in [0.1, 0.15) is 12.0 Å². The van der Waals surface area contributed by atoms with Gasteiger partial charge >= 0.3 is 0 Å². The molecule has 1 N–H and O–H groups in total. The van der Waals surface area contributed by atoms with Crippen LogP contribution in [0.25, 0.3) is 11.1 Å². The molecular weight excluding hydrogens is 394 g/mol. The molecule has 6 nitrogen and oxygen atoms in total. The molecule has 0 aliphatic rings. The minimum atomic E-state index is -0.0763. The molecule has 0 saturated heterocycles. The second-order valence-corrected chi connectivity index (χ2v) is 6.91. The van der Waals surface area contributed by atoms with E-state index in [4.69, 9.17) is 18.9 Å². The van der Waals surface area contributed by atoms with Crippen molar-refractivity contribution < 1.29 is 23.7 Å². The summed E-state index contributed by atoms with van der Waals surface area (Å²) in [6.45, 7) is 0. The number of anilines is 1. The third kappa shape index (κ3) is 5.69. The number of methoxy groups -OCH3 is 4. The molecule has 0 spiro atoms. The Labute approximate surface area is 182 Å². The molecule has 31 heavy (non-hydrogen) atoms. The lowest BCUT2D eigenvalue weighted by molar-refractivity contribution is -0.116. The van der Waals surface area contributed by atoms with Gasteiger partial charge in [-0.1, -0.05) is 12.1 Å². The highest BCUT2D eigenvalue weighted by Gasteiger charge is 2.11. The first-order valence-electron chi connectivity index (χ1n) is 9.90.